The molecule has 1 amide bonds. The van der Waals surface area contributed by atoms with Gasteiger partial charge < -0.3 is 9.80 Å². The molecule has 170 valence electrons. The molecule has 5 rings (SSSR count). The Morgan fingerprint density at radius 3 is 2.21 bits per heavy atom. The van der Waals surface area contributed by atoms with Gasteiger partial charge in [-0.2, -0.15) is 0 Å². The molecule has 0 spiro atoms. The fraction of sp³-hybridized carbons (Fsp3) is 0.321. The fourth-order valence-corrected chi connectivity index (χ4v) is 5.26. The molecule has 2 aliphatic rings. The van der Waals surface area contributed by atoms with Crippen LogP contribution in [0.15, 0.2) is 84.9 Å². The molecule has 2 atom stereocenters. The molecule has 0 radical (unpaired) electrons. The summed E-state index contributed by atoms with van der Waals surface area (Å²) in [7, 11) is 0. The van der Waals surface area contributed by atoms with E-state index in [9.17, 15) is 9.18 Å². The van der Waals surface area contributed by atoms with E-state index in [2.05, 4.69) is 40.1 Å². The molecule has 2 fully saturated rings. The van der Waals surface area contributed by atoms with E-state index in [1.54, 1.807) is 12.1 Å². The SMILES string of the molecule is O=C(c1ccccc1)N1CC(CN2CCN(c3ccccc3)CC2)C(c2cccc(F)c2)C1. The number of hydrogen-bond donors (Lipinski definition) is 0. The Hall–Kier alpha value is -3.18. The number of carbonyl (C=O) groups is 1. The highest BCUT2D eigenvalue weighted by atomic mass is 19.1. The summed E-state index contributed by atoms with van der Waals surface area (Å²) in [6.07, 6.45) is 0. The quantitative estimate of drug-likeness (QED) is 0.581. The van der Waals surface area contributed by atoms with Crippen molar-refractivity contribution in [1.82, 2.24) is 9.80 Å². The molecule has 0 bridgehead atoms. The summed E-state index contributed by atoms with van der Waals surface area (Å²) in [6, 6.07) is 26.9. The molecule has 2 heterocycles. The zero-order chi connectivity index (χ0) is 22.6. The van der Waals surface area contributed by atoms with Gasteiger partial charge in [-0.15, -0.1) is 0 Å². The summed E-state index contributed by atoms with van der Waals surface area (Å²) in [5.74, 6) is 0.271. The summed E-state index contributed by atoms with van der Waals surface area (Å²) < 4.78 is 14.0. The van der Waals surface area contributed by atoms with Crippen molar-refractivity contribution in [1.29, 1.82) is 0 Å². The third-order valence-electron chi connectivity index (χ3n) is 7.01. The number of likely N-dealkylation sites (tertiary alicyclic amines) is 1. The molecule has 5 heteroatoms. The minimum atomic E-state index is -0.212. The lowest BCUT2D eigenvalue weighted by Crippen LogP contribution is -2.48. The minimum absolute atomic E-state index is 0.0633. The number of rotatable bonds is 5. The average Bonchev–Trinajstić information content (AvgIpc) is 3.29. The third-order valence-corrected chi connectivity index (χ3v) is 7.01. The van der Waals surface area contributed by atoms with Gasteiger partial charge in [0.1, 0.15) is 5.82 Å². The smallest absolute Gasteiger partial charge is 0.253 e. The van der Waals surface area contributed by atoms with Crippen molar-refractivity contribution >= 4 is 11.6 Å². The maximum absolute atomic E-state index is 14.0. The maximum atomic E-state index is 14.0. The molecule has 3 aromatic carbocycles. The second kappa shape index (κ2) is 9.75. The van der Waals surface area contributed by atoms with E-state index in [4.69, 9.17) is 0 Å². The number of benzene rings is 3. The summed E-state index contributed by atoms with van der Waals surface area (Å²) >= 11 is 0. The summed E-state index contributed by atoms with van der Waals surface area (Å²) in [6.45, 7) is 6.23. The average molecular weight is 444 g/mol. The highest BCUT2D eigenvalue weighted by molar-refractivity contribution is 5.94. The van der Waals surface area contributed by atoms with Crippen molar-refractivity contribution in [3.05, 3.63) is 102 Å². The summed E-state index contributed by atoms with van der Waals surface area (Å²) in [5, 5.41) is 0. The van der Waals surface area contributed by atoms with E-state index in [1.165, 1.54) is 11.8 Å². The van der Waals surface area contributed by atoms with E-state index in [0.29, 0.717) is 18.7 Å². The number of piperazine rings is 1. The van der Waals surface area contributed by atoms with Crippen molar-refractivity contribution in [2.24, 2.45) is 5.92 Å². The van der Waals surface area contributed by atoms with Crippen molar-refractivity contribution < 1.29 is 9.18 Å². The fourth-order valence-electron chi connectivity index (χ4n) is 5.26. The van der Waals surface area contributed by atoms with Crippen molar-refractivity contribution in [3.63, 3.8) is 0 Å². The van der Waals surface area contributed by atoms with Crippen molar-refractivity contribution in [3.8, 4) is 0 Å². The molecule has 2 saturated heterocycles. The number of anilines is 1. The largest absolute Gasteiger partial charge is 0.369 e. The summed E-state index contributed by atoms with van der Waals surface area (Å²) in [5.41, 5.74) is 2.98. The molecule has 0 aromatic heterocycles. The lowest BCUT2D eigenvalue weighted by molar-refractivity contribution is 0.0782. The standard InChI is InChI=1S/C28H30FN3O/c29-25-11-7-10-23(18-25)27-21-32(28(33)22-8-3-1-4-9-22)20-24(27)19-30-14-16-31(17-15-30)26-12-5-2-6-13-26/h1-13,18,24,27H,14-17,19-21H2. The molecular weight excluding hydrogens is 413 g/mol. The first-order valence-corrected chi connectivity index (χ1v) is 11.8. The molecule has 0 N–H and O–H groups in total. The van der Waals surface area contributed by atoms with E-state index < -0.39 is 0 Å². The Morgan fingerprint density at radius 2 is 1.52 bits per heavy atom. The lowest BCUT2D eigenvalue weighted by Gasteiger charge is -2.37. The van der Waals surface area contributed by atoms with E-state index in [0.717, 1.165) is 38.3 Å². The van der Waals surface area contributed by atoms with Gasteiger partial charge in [-0.05, 0) is 47.9 Å². The van der Waals surface area contributed by atoms with E-state index >= 15 is 0 Å². The first-order valence-electron chi connectivity index (χ1n) is 11.8. The Balaban J connectivity index is 1.29. The van der Waals surface area contributed by atoms with Crippen LogP contribution >= 0.6 is 0 Å². The van der Waals surface area contributed by atoms with Crippen LogP contribution in [0, 0.1) is 11.7 Å². The normalized spacial score (nSPS) is 21.4. The van der Waals surface area contributed by atoms with Gasteiger partial charge in [0.15, 0.2) is 0 Å². The predicted molar refractivity (Wildman–Crippen MR) is 130 cm³/mol. The van der Waals surface area contributed by atoms with Crippen LogP contribution in [0.2, 0.25) is 0 Å². The second-order valence-corrected chi connectivity index (χ2v) is 9.12. The van der Waals surface area contributed by atoms with Crippen LogP contribution in [0.4, 0.5) is 10.1 Å². The zero-order valence-corrected chi connectivity index (χ0v) is 18.8. The van der Waals surface area contributed by atoms with Gasteiger partial charge in [0.25, 0.3) is 5.91 Å². The molecule has 2 unspecified atom stereocenters. The van der Waals surface area contributed by atoms with Crippen molar-refractivity contribution in [2.45, 2.75) is 5.92 Å². The zero-order valence-electron chi connectivity index (χ0n) is 18.8. The first kappa shape index (κ1) is 21.7. The molecule has 0 saturated carbocycles. The van der Waals surface area contributed by atoms with Crippen LogP contribution in [0.1, 0.15) is 21.8 Å². The van der Waals surface area contributed by atoms with Gasteiger partial charge in [-0.1, -0.05) is 48.5 Å². The van der Waals surface area contributed by atoms with Crippen LogP contribution < -0.4 is 4.90 Å². The maximum Gasteiger partial charge on any atom is 0.253 e. The first-order chi connectivity index (χ1) is 16.2. The Labute approximate surface area is 195 Å². The molecule has 33 heavy (non-hydrogen) atoms. The van der Waals surface area contributed by atoms with Gasteiger partial charge in [0.05, 0.1) is 0 Å². The van der Waals surface area contributed by atoms with E-state index in [1.807, 2.05) is 41.3 Å². The minimum Gasteiger partial charge on any atom is -0.369 e. The molecule has 4 nitrogen and oxygen atoms in total. The topological polar surface area (TPSA) is 26.8 Å². The number of hydrogen-bond acceptors (Lipinski definition) is 3. The molecule has 0 aliphatic carbocycles. The second-order valence-electron chi connectivity index (χ2n) is 9.12. The molecular formula is C28H30FN3O. The monoisotopic (exact) mass is 443 g/mol. The summed E-state index contributed by atoms with van der Waals surface area (Å²) in [4.78, 5) is 20.1. The van der Waals surface area contributed by atoms with Crippen LogP contribution in [0.25, 0.3) is 0 Å². The van der Waals surface area contributed by atoms with Gasteiger partial charge >= 0.3 is 0 Å². The van der Waals surface area contributed by atoms with Crippen molar-refractivity contribution in [2.75, 3.05) is 50.7 Å². The highest BCUT2D eigenvalue weighted by Crippen LogP contribution is 2.34. The van der Waals surface area contributed by atoms with Crippen LogP contribution in [0.5, 0.6) is 0 Å². The molecule has 3 aromatic rings. The van der Waals surface area contributed by atoms with Gasteiger partial charge in [-0.3, -0.25) is 9.69 Å². The number of para-hydroxylation sites is 1. The van der Waals surface area contributed by atoms with Crippen LogP contribution in [0.3, 0.4) is 0 Å². The number of halogens is 1. The number of amides is 1. The Kier molecular flexibility index (Phi) is 6.40. The third kappa shape index (κ3) is 4.93. The number of carbonyl (C=O) groups excluding carboxylic acids is 1. The van der Waals surface area contributed by atoms with Gasteiger partial charge in [0, 0.05) is 63.0 Å². The number of nitrogens with zero attached hydrogens (tertiary/aromatic N) is 3. The van der Waals surface area contributed by atoms with Crippen LogP contribution in [-0.2, 0) is 0 Å². The van der Waals surface area contributed by atoms with Crippen LogP contribution in [-0.4, -0.2) is 61.5 Å². The van der Waals surface area contributed by atoms with Gasteiger partial charge in [0.2, 0.25) is 0 Å². The molecule has 2 aliphatic heterocycles. The Bertz CT molecular complexity index is 1070. The predicted octanol–water partition coefficient (Wildman–Crippen LogP) is 4.50. The Morgan fingerprint density at radius 1 is 0.818 bits per heavy atom. The highest BCUT2D eigenvalue weighted by Gasteiger charge is 2.37. The lowest BCUT2D eigenvalue weighted by atomic mass is 9.88. The van der Waals surface area contributed by atoms with E-state index in [-0.39, 0.29) is 23.6 Å². The van der Waals surface area contributed by atoms with Gasteiger partial charge in [-0.25, -0.2) is 4.39 Å².